The van der Waals surface area contributed by atoms with Gasteiger partial charge in [-0.2, -0.15) is 34.8 Å². The molecule has 0 aromatic carbocycles. The summed E-state index contributed by atoms with van der Waals surface area (Å²) in [6.45, 7) is -4.88. The van der Waals surface area contributed by atoms with Crippen molar-refractivity contribution >= 4 is 22.7 Å². The molecule has 0 aromatic heterocycles. The Balaban J connectivity index is 3.61. The van der Waals surface area contributed by atoms with E-state index in [9.17, 15) is 34.8 Å². The lowest BCUT2D eigenvalue weighted by Gasteiger charge is -2.07. The molecule has 0 spiro atoms. The van der Waals surface area contributed by atoms with E-state index in [1.807, 2.05) is 0 Å². The molecule has 2 atom stereocenters. The third kappa shape index (κ3) is 14.1. The van der Waals surface area contributed by atoms with E-state index in [-0.39, 0.29) is 0 Å². The molecule has 0 fully saturated rings. The first-order valence-electron chi connectivity index (χ1n) is 4.50. The molecule has 6 nitrogen and oxygen atoms in total. The highest BCUT2D eigenvalue weighted by atomic mass is 32.2. The van der Waals surface area contributed by atoms with Gasteiger partial charge in [0.2, 0.25) is 0 Å². The van der Waals surface area contributed by atoms with Crippen LogP contribution in [0.1, 0.15) is 0 Å². The summed E-state index contributed by atoms with van der Waals surface area (Å²) in [5.74, 6) is 0. The minimum absolute atomic E-state index is 0.633. The van der Waals surface area contributed by atoms with Gasteiger partial charge >= 0.3 is 35.1 Å². The summed E-state index contributed by atoms with van der Waals surface area (Å²) >= 11 is -5.44. The topological polar surface area (TPSA) is 71.1 Å². The van der Waals surface area contributed by atoms with Crippen LogP contribution < -0.4 is 0 Å². The Kier molecular flexibility index (Phi) is 8.76. The molecule has 0 N–H and O–H groups in total. The number of alkyl halides is 6. The molecule has 0 aromatic rings. The summed E-state index contributed by atoms with van der Waals surface area (Å²) in [5.41, 5.74) is 0. The molecule has 14 heteroatoms. The van der Waals surface area contributed by atoms with Crippen LogP contribution in [-0.2, 0) is 39.5 Å². The normalized spacial score (nSPS) is 16.1. The largest absolute Gasteiger partial charge is 0.413 e. The summed E-state index contributed by atoms with van der Waals surface area (Å²) in [5, 5.41) is 0. The van der Waals surface area contributed by atoms with E-state index in [2.05, 4.69) is 16.7 Å². The maximum absolute atomic E-state index is 11.6. The minimum atomic E-state index is -4.69. The van der Waals surface area contributed by atoms with Crippen molar-refractivity contribution in [3.63, 3.8) is 0 Å². The highest BCUT2D eigenvalue weighted by Crippen LogP contribution is 2.16. The van der Waals surface area contributed by atoms with E-state index in [0.29, 0.717) is 0 Å². The Labute approximate surface area is 114 Å². The summed E-state index contributed by atoms with van der Waals surface area (Å²) in [6, 6.07) is 0. The van der Waals surface area contributed by atoms with E-state index in [1.54, 1.807) is 0 Å². The predicted molar refractivity (Wildman–Crippen MR) is 52.2 cm³/mol. The van der Waals surface area contributed by atoms with Crippen LogP contribution in [0, 0.1) is 0 Å². The average molecular weight is 354 g/mol. The highest BCUT2D eigenvalue weighted by Gasteiger charge is 2.30. The van der Waals surface area contributed by atoms with E-state index in [0.717, 1.165) is 0 Å². The second-order valence-corrected chi connectivity index (χ2v) is 4.57. The van der Waals surface area contributed by atoms with Gasteiger partial charge in [-0.15, -0.1) is 0 Å². The molecule has 0 saturated heterocycles. The SMILES string of the molecule is O=S(OCCOS(=O)OCC(F)(F)F)OCC(F)(F)F. The maximum Gasteiger partial charge on any atom is 0.413 e. The number of hydrogen-bond donors (Lipinski definition) is 0. The lowest BCUT2D eigenvalue weighted by Crippen LogP contribution is -2.20. The Hall–Kier alpha value is -0.280. The van der Waals surface area contributed by atoms with Crippen LogP contribution >= 0.6 is 0 Å². The molecule has 0 saturated carbocycles. The molecular weight excluding hydrogens is 346 g/mol. The van der Waals surface area contributed by atoms with E-state index < -0.39 is 61.5 Å². The van der Waals surface area contributed by atoms with Gasteiger partial charge in [-0.1, -0.05) is 0 Å². The molecule has 0 aliphatic rings. The molecule has 2 unspecified atom stereocenters. The monoisotopic (exact) mass is 354 g/mol. The summed E-state index contributed by atoms with van der Waals surface area (Å²) < 4.78 is 107. The van der Waals surface area contributed by atoms with Gasteiger partial charge in [-0.05, 0) is 0 Å². The van der Waals surface area contributed by atoms with Gasteiger partial charge in [-0.25, -0.2) is 0 Å². The first kappa shape index (κ1) is 19.7. The predicted octanol–water partition coefficient (Wildman–Crippen LogP) is 1.33. The number of rotatable bonds is 9. The van der Waals surface area contributed by atoms with Crippen molar-refractivity contribution in [2.75, 3.05) is 26.4 Å². The molecule has 0 bridgehead atoms. The lowest BCUT2D eigenvalue weighted by molar-refractivity contribution is -0.154. The van der Waals surface area contributed by atoms with Crippen molar-refractivity contribution in [3.05, 3.63) is 0 Å². The Morgan fingerprint density at radius 3 is 1.20 bits per heavy atom. The van der Waals surface area contributed by atoms with E-state index in [1.165, 1.54) is 0 Å². The zero-order valence-electron chi connectivity index (χ0n) is 9.36. The fourth-order valence-electron chi connectivity index (χ4n) is 0.502. The van der Waals surface area contributed by atoms with Crippen molar-refractivity contribution in [1.82, 2.24) is 0 Å². The smallest absolute Gasteiger partial charge is 0.266 e. The Morgan fingerprint density at radius 1 is 0.650 bits per heavy atom. The fourth-order valence-corrected chi connectivity index (χ4v) is 1.51. The molecule has 0 radical (unpaired) electrons. The van der Waals surface area contributed by atoms with Gasteiger partial charge < -0.3 is 0 Å². The van der Waals surface area contributed by atoms with Crippen LogP contribution in [-0.4, -0.2) is 47.2 Å². The van der Waals surface area contributed by atoms with Gasteiger partial charge in [0.1, 0.15) is 0 Å². The van der Waals surface area contributed by atoms with Crippen LogP contribution in [0.3, 0.4) is 0 Å². The Morgan fingerprint density at radius 2 is 0.950 bits per heavy atom. The van der Waals surface area contributed by atoms with Crippen molar-refractivity contribution in [2.45, 2.75) is 12.4 Å². The van der Waals surface area contributed by atoms with Gasteiger partial charge in [0.05, 0.1) is 13.2 Å². The van der Waals surface area contributed by atoms with Crippen LogP contribution in [0.4, 0.5) is 26.3 Å². The molecule has 0 rings (SSSR count). The van der Waals surface area contributed by atoms with Crippen molar-refractivity contribution in [2.24, 2.45) is 0 Å². The quantitative estimate of drug-likeness (QED) is 0.460. The van der Waals surface area contributed by atoms with Crippen molar-refractivity contribution < 1.29 is 51.5 Å². The molecule has 0 amide bonds. The third-order valence-electron chi connectivity index (χ3n) is 1.08. The van der Waals surface area contributed by atoms with E-state index in [4.69, 9.17) is 0 Å². The van der Waals surface area contributed by atoms with Gasteiger partial charge in [0.25, 0.3) is 0 Å². The molecule has 0 aliphatic carbocycles. The molecule has 122 valence electrons. The first-order chi connectivity index (χ1) is 8.99. The number of halogens is 6. The second kappa shape index (κ2) is 8.89. The van der Waals surface area contributed by atoms with Crippen LogP contribution in [0.15, 0.2) is 0 Å². The molecule has 20 heavy (non-hydrogen) atoms. The van der Waals surface area contributed by atoms with Crippen LogP contribution in [0.2, 0.25) is 0 Å². The molecule has 0 aliphatic heterocycles. The second-order valence-electron chi connectivity index (χ2n) is 2.81. The zero-order valence-corrected chi connectivity index (χ0v) is 11.0. The highest BCUT2D eigenvalue weighted by molar-refractivity contribution is 7.75. The van der Waals surface area contributed by atoms with Crippen LogP contribution in [0.25, 0.3) is 0 Å². The summed E-state index contributed by atoms with van der Waals surface area (Å²) in [7, 11) is 0. The van der Waals surface area contributed by atoms with Gasteiger partial charge in [0, 0.05) is 0 Å². The van der Waals surface area contributed by atoms with Gasteiger partial charge in [-0.3, -0.25) is 16.7 Å². The summed E-state index contributed by atoms with van der Waals surface area (Å²) in [6.07, 6.45) is -9.38. The van der Waals surface area contributed by atoms with Crippen LogP contribution in [0.5, 0.6) is 0 Å². The lowest BCUT2D eigenvalue weighted by atomic mass is 10.7. The molecule has 0 heterocycles. The fraction of sp³-hybridized carbons (Fsp3) is 1.00. The Bertz CT molecular complexity index is 299. The molecular formula is C6H8F6O6S2. The van der Waals surface area contributed by atoms with Crippen molar-refractivity contribution in [3.8, 4) is 0 Å². The first-order valence-corrected chi connectivity index (χ1v) is 6.50. The average Bonchev–Trinajstić information content (AvgIpc) is 2.27. The minimum Gasteiger partial charge on any atom is -0.266 e. The maximum atomic E-state index is 11.6. The summed E-state index contributed by atoms with van der Waals surface area (Å²) in [4.78, 5) is 0. The standard InChI is InChI=1S/C6H8F6O6S2/c7-5(8,9)3-17-19(13)15-1-2-16-20(14)18-4-6(10,11)12/h1-4H2. The van der Waals surface area contributed by atoms with Gasteiger partial charge in [0.15, 0.2) is 13.2 Å². The van der Waals surface area contributed by atoms with E-state index >= 15 is 0 Å². The zero-order chi connectivity index (χ0) is 15.8. The number of hydrogen-bond acceptors (Lipinski definition) is 6. The van der Waals surface area contributed by atoms with Crippen molar-refractivity contribution in [1.29, 1.82) is 0 Å². The third-order valence-corrected chi connectivity index (χ3v) is 2.42.